The molecule has 0 aromatic carbocycles. The van der Waals surface area contributed by atoms with Crippen molar-refractivity contribution in [1.29, 1.82) is 0 Å². The fourth-order valence-corrected chi connectivity index (χ4v) is 5.18. The predicted molar refractivity (Wildman–Crippen MR) is 77.2 cm³/mol. The molecule has 0 N–H and O–H groups in total. The minimum absolute atomic E-state index is 0.135. The minimum Gasteiger partial charge on any atom is -0.298 e. The molecule has 1 aromatic rings. The van der Waals surface area contributed by atoms with Crippen molar-refractivity contribution >= 4 is 29.3 Å². The molecule has 18 heavy (non-hydrogen) atoms. The molecule has 0 aliphatic carbocycles. The first kappa shape index (κ1) is 13.9. The van der Waals surface area contributed by atoms with Crippen molar-refractivity contribution in [3.63, 3.8) is 0 Å². The Morgan fingerprint density at radius 2 is 2.22 bits per heavy atom. The summed E-state index contributed by atoms with van der Waals surface area (Å²) in [6.07, 6.45) is 3.02. The monoisotopic (exact) mass is 285 g/mol. The number of thioether (sulfide) groups is 2. The molecule has 1 aliphatic rings. The van der Waals surface area contributed by atoms with Gasteiger partial charge in [0.1, 0.15) is 12.2 Å². The van der Waals surface area contributed by atoms with Crippen LogP contribution in [0.2, 0.25) is 0 Å². The number of hydrogen-bond donors (Lipinski definition) is 0. The van der Waals surface area contributed by atoms with Crippen molar-refractivity contribution in [2.24, 2.45) is 0 Å². The Labute approximate surface area is 116 Å². The van der Waals surface area contributed by atoms with Gasteiger partial charge in [-0.3, -0.25) is 4.79 Å². The summed E-state index contributed by atoms with van der Waals surface area (Å²) >= 11 is 3.75. The highest BCUT2D eigenvalue weighted by Gasteiger charge is 2.31. The van der Waals surface area contributed by atoms with Gasteiger partial charge in [-0.15, -0.1) is 11.8 Å². The van der Waals surface area contributed by atoms with E-state index >= 15 is 0 Å². The van der Waals surface area contributed by atoms with Crippen LogP contribution in [0.15, 0.2) is 6.33 Å². The van der Waals surface area contributed by atoms with Gasteiger partial charge in [0.05, 0.1) is 11.7 Å². The summed E-state index contributed by atoms with van der Waals surface area (Å²) in [6.45, 7) is 4.95. The highest BCUT2D eigenvalue weighted by atomic mass is 32.2. The average molecular weight is 285 g/mol. The molecule has 2 unspecified atom stereocenters. The fraction of sp³-hybridized carbons (Fsp3) is 0.750. The lowest BCUT2D eigenvalue weighted by Crippen LogP contribution is -2.34. The number of aryl methyl sites for hydroxylation is 1. The summed E-state index contributed by atoms with van der Waals surface area (Å²) < 4.78 is 1.81. The Bertz CT molecular complexity index is 408. The quantitative estimate of drug-likeness (QED) is 0.828. The Hall–Kier alpha value is -0.490. The number of carbonyl (C=O) groups is 1. The molecule has 2 heterocycles. The maximum atomic E-state index is 12.4. The molecular weight excluding hydrogens is 266 g/mol. The van der Waals surface area contributed by atoms with Crippen molar-refractivity contribution in [3.8, 4) is 0 Å². The number of Topliss-reactive ketones (excluding diaryl/α,β-unsaturated/α-hetero) is 1. The van der Waals surface area contributed by atoms with Gasteiger partial charge in [0, 0.05) is 23.3 Å². The molecule has 4 nitrogen and oxygen atoms in total. The Morgan fingerprint density at radius 1 is 1.44 bits per heavy atom. The van der Waals surface area contributed by atoms with Crippen LogP contribution in [0.25, 0.3) is 0 Å². The van der Waals surface area contributed by atoms with E-state index in [0.29, 0.717) is 17.5 Å². The van der Waals surface area contributed by atoms with E-state index in [1.807, 2.05) is 30.4 Å². The van der Waals surface area contributed by atoms with E-state index in [1.165, 1.54) is 6.33 Å². The van der Waals surface area contributed by atoms with E-state index in [-0.39, 0.29) is 5.25 Å². The van der Waals surface area contributed by atoms with Gasteiger partial charge in [-0.05, 0) is 13.3 Å². The third-order valence-corrected chi connectivity index (χ3v) is 6.39. The Kier molecular flexibility index (Phi) is 5.12. The van der Waals surface area contributed by atoms with Crippen molar-refractivity contribution in [2.75, 3.05) is 11.5 Å². The lowest BCUT2D eigenvalue weighted by Gasteiger charge is -2.28. The zero-order valence-corrected chi connectivity index (χ0v) is 12.5. The smallest absolute Gasteiger partial charge is 0.154 e. The van der Waals surface area contributed by atoms with Crippen LogP contribution in [0.3, 0.4) is 0 Å². The first-order chi connectivity index (χ1) is 8.76. The van der Waals surface area contributed by atoms with Gasteiger partial charge in [-0.25, -0.2) is 9.67 Å². The van der Waals surface area contributed by atoms with Crippen LogP contribution in [-0.4, -0.2) is 42.6 Å². The highest BCUT2D eigenvalue weighted by molar-refractivity contribution is 8.07. The van der Waals surface area contributed by atoms with E-state index in [2.05, 4.69) is 17.0 Å². The number of carbonyl (C=O) groups excluding carboxylic acids is 1. The van der Waals surface area contributed by atoms with Crippen LogP contribution in [0.5, 0.6) is 0 Å². The molecule has 1 aromatic heterocycles. The van der Waals surface area contributed by atoms with Crippen LogP contribution < -0.4 is 0 Å². The molecule has 2 atom stereocenters. The van der Waals surface area contributed by atoms with E-state index < -0.39 is 0 Å². The van der Waals surface area contributed by atoms with Gasteiger partial charge in [-0.1, -0.05) is 6.92 Å². The van der Waals surface area contributed by atoms with Crippen LogP contribution in [0, 0.1) is 0 Å². The standard InChI is InChI=1S/C12H19N3OS2/c1-3-10-12(18-6-5-17-10)9(16)7-11-13-8-14-15(11)4-2/h8,10,12H,3-7H2,1-2H3. The molecule has 1 fully saturated rings. The van der Waals surface area contributed by atoms with Crippen molar-refractivity contribution in [1.82, 2.24) is 14.8 Å². The average Bonchev–Trinajstić information content (AvgIpc) is 2.85. The molecular formula is C12H19N3OS2. The molecule has 0 bridgehead atoms. The number of hydrogen-bond acceptors (Lipinski definition) is 5. The zero-order valence-electron chi connectivity index (χ0n) is 10.8. The van der Waals surface area contributed by atoms with Crippen LogP contribution in [0.4, 0.5) is 0 Å². The second-order valence-electron chi connectivity index (χ2n) is 4.24. The van der Waals surface area contributed by atoms with Crippen molar-refractivity contribution in [3.05, 3.63) is 12.2 Å². The van der Waals surface area contributed by atoms with Crippen molar-refractivity contribution < 1.29 is 4.79 Å². The molecule has 6 heteroatoms. The summed E-state index contributed by atoms with van der Waals surface area (Å²) in [7, 11) is 0. The maximum Gasteiger partial charge on any atom is 0.154 e. The summed E-state index contributed by atoms with van der Waals surface area (Å²) in [6, 6.07) is 0. The number of rotatable bonds is 5. The van der Waals surface area contributed by atoms with E-state index in [4.69, 9.17) is 0 Å². The van der Waals surface area contributed by atoms with Gasteiger partial charge < -0.3 is 0 Å². The number of aromatic nitrogens is 3. The van der Waals surface area contributed by atoms with Crippen LogP contribution >= 0.6 is 23.5 Å². The normalized spacial score (nSPS) is 24.1. The summed E-state index contributed by atoms with van der Waals surface area (Å²) in [5.74, 6) is 3.35. The Morgan fingerprint density at radius 3 is 2.94 bits per heavy atom. The highest BCUT2D eigenvalue weighted by Crippen LogP contribution is 2.34. The maximum absolute atomic E-state index is 12.4. The Balaban J connectivity index is 2.02. The molecule has 0 radical (unpaired) electrons. The zero-order chi connectivity index (χ0) is 13.0. The lowest BCUT2D eigenvalue weighted by atomic mass is 10.1. The van der Waals surface area contributed by atoms with E-state index in [9.17, 15) is 4.79 Å². The summed E-state index contributed by atoms with van der Waals surface area (Å²) in [4.78, 5) is 16.6. The van der Waals surface area contributed by atoms with Gasteiger partial charge >= 0.3 is 0 Å². The van der Waals surface area contributed by atoms with Crippen LogP contribution in [0.1, 0.15) is 26.1 Å². The van der Waals surface area contributed by atoms with Crippen molar-refractivity contribution in [2.45, 2.75) is 43.7 Å². The SMILES string of the molecule is CCC1SCCSC1C(=O)Cc1ncnn1CC. The molecule has 1 saturated heterocycles. The lowest BCUT2D eigenvalue weighted by molar-refractivity contribution is -0.118. The number of nitrogens with zero attached hydrogens (tertiary/aromatic N) is 3. The van der Waals surface area contributed by atoms with Gasteiger partial charge in [0.15, 0.2) is 5.78 Å². The van der Waals surface area contributed by atoms with Gasteiger partial charge in [-0.2, -0.15) is 16.9 Å². The van der Waals surface area contributed by atoms with E-state index in [1.54, 1.807) is 4.68 Å². The van der Waals surface area contributed by atoms with Gasteiger partial charge in [0.25, 0.3) is 0 Å². The minimum atomic E-state index is 0.135. The number of ketones is 1. The second-order valence-corrected chi connectivity index (χ2v) is 6.84. The summed E-state index contributed by atoms with van der Waals surface area (Å²) in [5, 5.41) is 4.72. The predicted octanol–water partition coefficient (Wildman–Crippen LogP) is 2.04. The second kappa shape index (κ2) is 6.61. The first-order valence-corrected chi connectivity index (χ1v) is 8.48. The third-order valence-electron chi connectivity index (χ3n) is 3.10. The topological polar surface area (TPSA) is 47.8 Å². The molecule has 100 valence electrons. The fourth-order valence-electron chi connectivity index (χ4n) is 2.15. The molecule has 0 saturated carbocycles. The first-order valence-electron chi connectivity index (χ1n) is 6.38. The molecule has 0 spiro atoms. The molecule has 2 rings (SSSR count). The third kappa shape index (κ3) is 3.09. The molecule has 1 aliphatic heterocycles. The molecule has 0 amide bonds. The largest absolute Gasteiger partial charge is 0.298 e. The van der Waals surface area contributed by atoms with E-state index in [0.717, 1.165) is 30.3 Å². The van der Waals surface area contributed by atoms with Crippen LogP contribution in [-0.2, 0) is 17.8 Å². The summed E-state index contributed by atoms with van der Waals surface area (Å²) in [5.41, 5.74) is 0. The van der Waals surface area contributed by atoms with Gasteiger partial charge in [0.2, 0.25) is 0 Å².